The number of carbonyl (C=O) groups is 4. The average Bonchev–Trinajstić information content (AvgIpc) is 2.43. The molecule has 3 amide bonds. The maximum Gasteiger partial charge on any atom is 0.242 e. The summed E-state index contributed by atoms with van der Waals surface area (Å²) in [7, 11) is 0. The number of hydrogen-bond acceptors (Lipinski definition) is 5. The van der Waals surface area contributed by atoms with E-state index in [0.717, 1.165) is 0 Å². The molecule has 0 unspecified atom stereocenters. The third-order valence-electron chi connectivity index (χ3n) is 3.51. The van der Waals surface area contributed by atoms with E-state index in [9.17, 15) is 19.2 Å². The summed E-state index contributed by atoms with van der Waals surface area (Å²) >= 11 is 0. The number of amides is 3. The van der Waals surface area contributed by atoms with Crippen LogP contribution in [0.15, 0.2) is 0 Å². The predicted octanol–water partition coefficient (Wildman–Crippen LogP) is -0.147. The monoisotopic (exact) mass is 356 g/mol. The molecule has 0 aromatic carbocycles. The van der Waals surface area contributed by atoms with E-state index in [2.05, 4.69) is 16.0 Å². The first-order valence-corrected chi connectivity index (χ1v) is 8.45. The molecule has 0 aliphatic carbocycles. The van der Waals surface area contributed by atoms with Gasteiger partial charge in [-0.1, -0.05) is 34.6 Å². The van der Waals surface area contributed by atoms with Crippen molar-refractivity contribution in [2.24, 2.45) is 11.1 Å². The number of primary amides is 1. The van der Waals surface area contributed by atoms with Gasteiger partial charge in [-0.25, -0.2) is 0 Å². The van der Waals surface area contributed by atoms with Crippen LogP contribution in [-0.4, -0.2) is 47.7 Å². The van der Waals surface area contributed by atoms with E-state index < -0.39 is 35.4 Å². The van der Waals surface area contributed by atoms with Crippen LogP contribution >= 0.6 is 0 Å². The highest BCUT2D eigenvalue weighted by Gasteiger charge is 2.33. The third-order valence-corrected chi connectivity index (χ3v) is 3.51. The van der Waals surface area contributed by atoms with Crippen molar-refractivity contribution in [2.75, 3.05) is 0 Å². The van der Waals surface area contributed by atoms with Gasteiger partial charge in [0.1, 0.15) is 6.04 Å². The molecule has 0 bridgehead atoms. The van der Waals surface area contributed by atoms with E-state index in [4.69, 9.17) is 5.73 Å². The van der Waals surface area contributed by atoms with Crippen molar-refractivity contribution in [3.05, 3.63) is 0 Å². The number of nitrogens with one attached hydrogen (secondary N) is 3. The molecule has 0 radical (unpaired) electrons. The van der Waals surface area contributed by atoms with Crippen molar-refractivity contribution >= 4 is 23.5 Å². The Morgan fingerprint density at radius 3 is 1.76 bits per heavy atom. The highest BCUT2D eigenvalue weighted by atomic mass is 16.2. The molecule has 3 atom stereocenters. The third kappa shape index (κ3) is 8.62. The van der Waals surface area contributed by atoms with Crippen molar-refractivity contribution < 1.29 is 19.2 Å². The molecular formula is C17H32N4O4. The second-order valence-corrected chi connectivity index (χ2v) is 7.62. The molecule has 8 heteroatoms. The minimum atomic E-state index is -1.02. The van der Waals surface area contributed by atoms with E-state index in [1.165, 1.54) is 6.92 Å². The highest BCUT2D eigenvalue weighted by Crippen LogP contribution is 2.18. The van der Waals surface area contributed by atoms with E-state index in [1.54, 1.807) is 27.7 Å². The van der Waals surface area contributed by atoms with Gasteiger partial charge in [-0.15, -0.1) is 0 Å². The number of Topliss-reactive ketones (excluding diaryl/α,β-unsaturated/α-hetero) is 1. The van der Waals surface area contributed by atoms with E-state index in [1.807, 2.05) is 13.8 Å². The van der Waals surface area contributed by atoms with Crippen molar-refractivity contribution in [3.63, 3.8) is 0 Å². The van der Waals surface area contributed by atoms with Gasteiger partial charge < -0.3 is 21.7 Å². The number of nitrogens with two attached hydrogens (primary N) is 1. The molecule has 8 nitrogen and oxygen atoms in total. The summed E-state index contributed by atoms with van der Waals surface area (Å²) in [6.45, 7) is 12.1. The molecular weight excluding hydrogens is 324 g/mol. The van der Waals surface area contributed by atoms with Crippen LogP contribution in [0, 0.1) is 5.41 Å². The van der Waals surface area contributed by atoms with Crippen molar-refractivity contribution in [3.8, 4) is 0 Å². The summed E-state index contributed by atoms with van der Waals surface area (Å²) in [6, 6.07) is -2.22. The summed E-state index contributed by atoms with van der Waals surface area (Å²) < 4.78 is 0. The number of ketones is 1. The number of carbonyl (C=O) groups excluding carboxylic acids is 4. The molecule has 144 valence electrons. The van der Waals surface area contributed by atoms with Gasteiger partial charge in [0.25, 0.3) is 0 Å². The van der Waals surface area contributed by atoms with Crippen LogP contribution in [0.2, 0.25) is 0 Å². The number of rotatable bonds is 9. The first-order chi connectivity index (χ1) is 11.3. The molecule has 5 N–H and O–H groups in total. The van der Waals surface area contributed by atoms with E-state index in [-0.39, 0.29) is 24.2 Å². The molecule has 0 spiro atoms. The van der Waals surface area contributed by atoms with Crippen LogP contribution in [0.3, 0.4) is 0 Å². The van der Waals surface area contributed by atoms with Crippen LogP contribution in [-0.2, 0) is 19.2 Å². The normalized spacial score (nSPS) is 15.2. The Kier molecular flexibility index (Phi) is 8.76. The van der Waals surface area contributed by atoms with Crippen molar-refractivity contribution in [1.82, 2.24) is 16.0 Å². The lowest BCUT2D eigenvalue weighted by Gasteiger charge is -2.26. The smallest absolute Gasteiger partial charge is 0.242 e. The fourth-order valence-electron chi connectivity index (χ4n) is 2.21. The number of hydrogen-bond donors (Lipinski definition) is 4. The SMILES string of the molecule is CC(C)N[C@@H](C)C(=O)N[C@@H](C)C(=O)N[C@@H](CC(N)=O)C(=O)C(C)(C)C. The van der Waals surface area contributed by atoms with Gasteiger partial charge in [0, 0.05) is 11.5 Å². The summed E-state index contributed by atoms with van der Waals surface area (Å²) in [5, 5.41) is 8.13. The molecule has 0 aliphatic heterocycles. The maximum atomic E-state index is 12.4. The Morgan fingerprint density at radius 2 is 1.36 bits per heavy atom. The Hall–Kier alpha value is -1.96. The van der Waals surface area contributed by atoms with E-state index >= 15 is 0 Å². The lowest BCUT2D eigenvalue weighted by atomic mass is 9.85. The lowest BCUT2D eigenvalue weighted by molar-refractivity contribution is -0.135. The van der Waals surface area contributed by atoms with Crippen LogP contribution in [0.5, 0.6) is 0 Å². The fourth-order valence-corrected chi connectivity index (χ4v) is 2.21. The first-order valence-electron chi connectivity index (χ1n) is 8.45. The molecule has 0 heterocycles. The lowest BCUT2D eigenvalue weighted by Crippen LogP contribution is -2.55. The molecule has 0 saturated carbocycles. The summed E-state index contributed by atoms with van der Waals surface area (Å²) in [6.07, 6.45) is -0.284. The van der Waals surface area contributed by atoms with Gasteiger partial charge in [-0.2, -0.15) is 0 Å². The van der Waals surface area contributed by atoms with Crippen molar-refractivity contribution in [2.45, 2.75) is 79.1 Å². The predicted molar refractivity (Wildman–Crippen MR) is 95.5 cm³/mol. The average molecular weight is 356 g/mol. The summed E-state index contributed by atoms with van der Waals surface area (Å²) in [4.78, 5) is 47.9. The zero-order chi connectivity index (χ0) is 19.9. The highest BCUT2D eigenvalue weighted by molar-refractivity contribution is 5.97. The zero-order valence-corrected chi connectivity index (χ0v) is 16.2. The Balaban J connectivity index is 4.91. The van der Waals surface area contributed by atoms with Crippen LogP contribution in [0.1, 0.15) is 54.9 Å². The molecule has 0 aromatic heterocycles. The topological polar surface area (TPSA) is 130 Å². The second kappa shape index (κ2) is 9.50. The van der Waals surface area contributed by atoms with Gasteiger partial charge in [0.15, 0.2) is 5.78 Å². The summed E-state index contributed by atoms with van der Waals surface area (Å²) in [5.41, 5.74) is 4.43. The second-order valence-electron chi connectivity index (χ2n) is 7.62. The van der Waals surface area contributed by atoms with Crippen LogP contribution in [0.4, 0.5) is 0 Å². The molecule has 0 rings (SSSR count). The molecule has 0 fully saturated rings. The fraction of sp³-hybridized carbons (Fsp3) is 0.765. The van der Waals surface area contributed by atoms with Gasteiger partial charge >= 0.3 is 0 Å². The summed E-state index contributed by atoms with van der Waals surface area (Å²) in [5.74, 6) is -1.86. The first kappa shape index (κ1) is 23.0. The van der Waals surface area contributed by atoms with Crippen LogP contribution < -0.4 is 21.7 Å². The molecule has 0 saturated heterocycles. The van der Waals surface area contributed by atoms with E-state index in [0.29, 0.717) is 0 Å². The minimum absolute atomic E-state index is 0.120. The minimum Gasteiger partial charge on any atom is -0.370 e. The van der Waals surface area contributed by atoms with Gasteiger partial charge in [-0.3, -0.25) is 19.2 Å². The molecule has 25 heavy (non-hydrogen) atoms. The Bertz CT molecular complexity index is 511. The maximum absolute atomic E-state index is 12.4. The Morgan fingerprint density at radius 1 is 0.880 bits per heavy atom. The van der Waals surface area contributed by atoms with Gasteiger partial charge in [0.05, 0.1) is 18.5 Å². The Labute approximate surface area is 149 Å². The standard InChI is InChI=1S/C17H32N4O4/c1-9(2)19-10(3)15(24)20-11(4)16(25)21-12(8-13(18)22)14(23)17(5,6)7/h9-12,19H,8H2,1-7H3,(H2,18,22)(H,20,24)(H,21,25)/t10-,11-,12-/m0/s1. The largest absolute Gasteiger partial charge is 0.370 e. The van der Waals surface area contributed by atoms with Crippen LogP contribution in [0.25, 0.3) is 0 Å². The van der Waals surface area contributed by atoms with Crippen molar-refractivity contribution in [1.29, 1.82) is 0 Å². The molecule has 0 aliphatic rings. The molecule has 0 aromatic rings. The van der Waals surface area contributed by atoms with Gasteiger partial charge in [0.2, 0.25) is 17.7 Å². The zero-order valence-electron chi connectivity index (χ0n) is 16.2. The quantitative estimate of drug-likeness (QED) is 0.456. The van der Waals surface area contributed by atoms with Gasteiger partial charge in [-0.05, 0) is 13.8 Å².